The zero-order chi connectivity index (χ0) is 15.4. The Bertz CT molecular complexity index is 149. The lowest BCUT2D eigenvalue weighted by Crippen LogP contribution is -1.92. The van der Waals surface area contributed by atoms with Gasteiger partial charge in [-0.25, -0.2) is 0 Å². The van der Waals surface area contributed by atoms with Crippen LogP contribution >= 0.6 is 0 Å². The molecular weight excluding hydrogens is 256 g/mol. The molecule has 0 aromatic heterocycles. The van der Waals surface area contributed by atoms with E-state index in [0.717, 1.165) is 13.2 Å². The Hall–Kier alpha value is -0.0400. The Balaban J connectivity index is 2.90. The van der Waals surface area contributed by atoms with Gasteiger partial charge in [-0.15, -0.1) is 0 Å². The molecule has 21 heavy (non-hydrogen) atoms. The fourth-order valence-electron chi connectivity index (χ4n) is 2.90. The minimum absolute atomic E-state index is 0.874. The Labute approximate surface area is 135 Å². The van der Waals surface area contributed by atoms with Crippen LogP contribution < -0.4 is 0 Å². The highest BCUT2D eigenvalue weighted by atomic mass is 16.5. The second kappa shape index (κ2) is 20.0. The highest BCUT2D eigenvalue weighted by Crippen LogP contribution is 2.13. The molecule has 0 aliphatic heterocycles. The van der Waals surface area contributed by atoms with Gasteiger partial charge in [0.1, 0.15) is 0 Å². The molecule has 0 aromatic rings. The lowest BCUT2D eigenvalue weighted by molar-refractivity contribution is 0.143. The molecule has 0 unspecified atom stereocenters. The average Bonchev–Trinajstić information content (AvgIpc) is 2.50. The van der Waals surface area contributed by atoms with E-state index in [9.17, 15) is 0 Å². The first-order valence-corrected chi connectivity index (χ1v) is 9.99. The van der Waals surface area contributed by atoms with Crippen molar-refractivity contribution in [2.45, 2.75) is 117 Å². The maximum absolute atomic E-state index is 5.35. The van der Waals surface area contributed by atoms with Gasteiger partial charge >= 0.3 is 0 Å². The number of unbranched alkanes of at least 4 members (excludes halogenated alkanes) is 15. The maximum atomic E-state index is 5.35. The van der Waals surface area contributed by atoms with E-state index < -0.39 is 0 Å². The SMILES string of the molecule is CCCCCCCCCCCCCCCCCCOCC. The molecule has 1 heteroatoms. The summed E-state index contributed by atoms with van der Waals surface area (Å²) in [6.45, 7) is 6.21. The minimum atomic E-state index is 0.874. The Morgan fingerprint density at radius 2 is 0.762 bits per heavy atom. The summed E-state index contributed by atoms with van der Waals surface area (Å²) in [6.07, 6.45) is 22.9. The van der Waals surface area contributed by atoms with E-state index in [0.29, 0.717) is 0 Å². The molecule has 1 nitrogen and oxygen atoms in total. The number of rotatable bonds is 18. The van der Waals surface area contributed by atoms with Crippen molar-refractivity contribution < 1.29 is 4.74 Å². The minimum Gasteiger partial charge on any atom is -0.382 e. The zero-order valence-corrected chi connectivity index (χ0v) is 15.1. The van der Waals surface area contributed by atoms with Crippen LogP contribution in [0, 0.1) is 0 Å². The molecule has 0 amide bonds. The van der Waals surface area contributed by atoms with E-state index >= 15 is 0 Å². The van der Waals surface area contributed by atoms with E-state index in [2.05, 4.69) is 13.8 Å². The first kappa shape index (κ1) is 21.0. The van der Waals surface area contributed by atoms with Crippen molar-refractivity contribution in [1.82, 2.24) is 0 Å². The summed E-state index contributed by atoms with van der Waals surface area (Å²) >= 11 is 0. The topological polar surface area (TPSA) is 9.23 Å². The second-order valence-electron chi connectivity index (χ2n) is 6.50. The summed E-state index contributed by atoms with van der Waals surface area (Å²) in [6, 6.07) is 0. The van der Waals surface area contributed by atoms with Crippen LogP contribution in [0.4, 0.5) is 0 Å². The van der Waals surface area contributed by atoms with Gasteiger partial charge in [0.25, 0.3) is 0 Å². The molecule has 0 bridgehead atoms. The molecule has 0 aliphatic rings. The van der Waals surface area contributed by atoms with Gasteiger partial charge in [-0.1, -0.05) is 103 Å². The molecule has 0 rings (SSSR count). The molecule has 0 aliphatic carbocycles. The van der Waals surface area contributed by atoms with Crippen molar-refractivity contribution in [3.8, 4) is 0 Å². The molecule has 0 atom stereocenters. The van der Waals surface area contributed by atoms with Gasteiger partial charge < -0.3 is 4.74 Å². The lowest BCUT2D eigenvalue weighted by Gasteiger charge is -2.03. The molecule has 0 fully saturated rings. The molecule has 128 valence electrons. The van der Waals surface area contributed by atoms with Gasteiger partial charge in [-0.3, -0.25) is 0 Å². The molecule has 0 saturated heterocycles. The monoisotopic (exact) mass is 298 g/mol. The third kappa shape index (κ3) is 20.0. The van der Waals surface area contributed by atoms with Crippen LogP contribution in [0.3, 0.4) is 0 Å². The number of hydrogen-bond acceptors (Lipinski definition) is 1. The Kier molecular flexibility index (Phi) is 19.9. The average molecular weight is 299 g/mol. The third-order valence-electron chi connectivity index (χ3n) is 4.35. The smallest absolute Gasteiger partial charge is 0.0465 e. The molecular formula is C20H42O. The first-order chi connectivity index (χ1) is 10.4. The third-order valence-corrected chi connectivity index (χ3v) is 4.35. The van der Waals surface area contributed by atoms with Gasteiger partial charge in [-0.2, -0.15) is 0 Å². The summed E-state index contributed by atoms with van der Waals surface area (Å²) in [5.41, 5.74) is 0. The van der Waals surface area contributed by atoms with Crippen LogP contribution in [0.5, 0.6) is 0 Å². The van der Waals surface area contributed by atoms with Gasteiger partial charge in [0.2, 0.25) is 0 Å². The Morgan fingerprint density at radius 3 is 1.10 bits per heavy atom. The molecule has 0 N–H and O–H groups in total. The standard InChI is InChI=1S/C20H42O/c1-3-5-6-7-8-9-10-11-12-13-14-15-16-17-18-19-20-21-4-2/h3-20H2,1-2H3. The summed E-state index contributed by atoms with van der Waals surface area (Å²) in [4.78, 5) is 0. The fraction of sp³-hybridized carbons (Fsp3) is 1.00. The first-order valence-electron chi connectivity index (χ1n) is 9.99. The summed E-state index contributed by atoms with van der Waals surface area (Å²) in [5.74, 6) is 0. The maximum Gasteiger partial charge on any atom is 0.0465 e. The van der Waals surface area contributed by atoms with Crippen molar-refractivity contribution >= 4 is 0 Å². The van der Waals surface area contributed by atoms with Crippen LogP contribution in [0.1, 0.15) is 117 Å². The van der Waals surface area contributed by atoms with Crippen molar-refractivity contribution in [1.29, 1.82) is 0 Å². The largest absolute Gasteiger partial charge is 0.382 e. The second-order valence-corrected chi connectivity index (χ2v) is 6.50. The van der Waals surface area contributed by atoms with E-state index in [1.165, 1.54) is 103 Å². The quantitative estimate of drug-likeness (QED) is 0.241. The molecule has 0 spiro atoms. The van der Waals surface area contributed by atoms with Crippen molar-refractivity contribution in [3.05, 3.63) is 0 Å². The van der Waals surface area contributed by atoms with Crippen molar-refractivity contribution in [2.75, 3.05) is 13.2 Å². The predicted octanol–water partition coefficient (Wildman–Crippen LogP) is 7.28. The predicted molar refractivity (Wildman–Crippen MR) is 96.0 cm³/mol. The molecule has 0 aromatic carbocycles. The van der Waals surface area contributed by atoms with Gasteiger partial charge in [0.05, 0.1) is 0 Å². The molecule has 0 saturated carbocycles. The van der Waals surface area contributed by atoms with E-state index in [-0.39, 0.29) is 0 Å². The van der Waals surface area contributed by atoms with E-state index in [1.807, 2.05) is 0 Å². The molecule has 0 heterocycles. The van der Waals surface area contributed by atoms with Gasteiger partial charge in [-0.05, 0) is 13.3 Å². The summed E-state index contributed by atoms with van der Waals surface area (Å²) < 4.78 is 5.35. The van der Waals surface area contributed by atoms with Gasteiger partial charge in [0.15, 0.2) is 0 Å². The van der Waals surface area contributed by atoms with E-state index in [1.54, 1.807) is 0 Å². The van der Waals surface area contributed by atoms with Crippen molar-refractivity contribution in [3.63, 3.8) is 0 Å². The van der Waals surface area contributed by atoms with Gasteiger partial charge in [0, 0.05) is 13.2 Å². The van der Waals surface area contributed by atoms with Crippen LogP contribution in [-0.2, 0) is 4.74 Å². The number of ether oxygens (including phenoxy) is 1. The highest BCUT2D eigenvalue weighted by molar-refractivity contribution is 4.49. The van der Waals surface area contributed by atoms with E-state index in [4.69, 9.17) is 4.74 Å². The van der Waals surface area contributed by atoms with Crippen molar-refractivity contribution in [2.24, 2.45) is 0 Å². The fourth-order valence-corrected chi connectivity index (χ4v) is 2.90. The normalized spacial score (nSPS) is 11.1. The summed E-state index contributed by atoms with van der Waals surface area (Å²) in [7, 11) is 0. The highest BCUT2D eigenvalue weighted by Gasteiger charge is 1.94. The van der Waals surface area contributed by atoms with Crippen LogP contribution in [0.15, 0.2) is 0 Å². The molecule has 0 radical (unpaired) electrons. The van der Waals surface area contributed by atoms with Crippen LogP contribution in [0.25, 0.3) is 0 Å². The lowest BCUT2D eigenvalue weighted by atomic mass is 10.0. The Morgan fingerprint density at radius 1 is 0.429 bits per heavy atom. The van der Waals surface area contributed by atoms with Crippen LogP contribution in [0.2, 0.25) is 0 Å². The number of hydrogen-bond donors (Lipinski definition) is 0. The summed E-state index contributed by atoms with van der Waals surface area (Å²) in [5, 5.41) is 0. The van der Waals surface area contributed by atoms with Crippen LogP contribution in [-0.4, -0.2) is 13.2 Å². The zero-order valence-electron chi connectivity index (χ0n) is 15.1.